The molecule has 0 spiro atoms. The van der Waals surface area contributed by atoms with Crippen molar-refractivity contribution in [2.75, 3.05) is 0 Å². The van der Waals surface area contributed by atoms with E-state index in [2.05, 4.69) is 19.9 Å². The van der Waals surface area contributed by atoms with Gasteiger partial charge in [-0.3, -0.25) is 9.97 Å². The molecule has 2 heterocycles. The number of hydrogen-bond acceptors (Lipinski definition) is 4. The molecule has 0 unspecified atom stereocenters. The van der Waals surface area contributed by atoms with E-state index in [9.17, 15) is 0 Å². The van der Waals surface area contributed by atoms with Gasteiger partial charge in [-0.05, 0) is 13.0 Å². The van der Waals surface area contributed by atoms with Gasteiger partial charge in [-0.1, -0.05) is 0 Å². The van der Waals surface area contributed by atoms with Crippen molar-refractivity contribution < 1.29 is 0 Å². The summed E-state index contributed by atoms with van der Waals surface area (Å²) in [7, 11) is 0. The highest BCUT2D eigenvalue weighted by Gasteiger charge is 1.99. The molecule has 0 radical (unpaired) electrons. The first-order valence-corrected chi connectivity index (χ1v) is 4.38. The second-order valence-electron chi connectivity index (χ2n) is 2.99. The van der Waals surface area contributed by atoms with Gasteiger partial charge < -0.3 is 0 Å². The molecule has 4 heteroatoms. The monoisotopic (exact) mass is 186 g/mol. The Labute approximate surface area is 82.1 Å². The van der Waals surface area contributed by atoms with Gasteiger partial charge in [0.1, 0.15) is 5.82 Å². The molecule has 0 aromatic carbocycles. The number of rotatable bonds is 2. The van der Waals surface area contributed by atoms with E-state index in [1.54, 1.807) is 24.8 Å². The molecule has 2 aromatic rings. The fourth-order valence-corrected chi connectivity index (χ4v) is 1.17. The number of aromatic nitrogens is 4. The van der Waals surface area contributed by atoms with Gasteiger partial charge in [0, 0.05) is 30.5 Å². The maximum absolute atomic E-state index is 4.29. The highest BCUT2D eigenvalue weighted by Crippen LogP contribution is 2.00. The number of hydrogen-bond donors (Lipinski definition) is 0. The molecular weight excluding hydrogens is 176 g/mol. The molecule has 0 saturated heterocycles. The first-order chi connectivity index (χ1) is 6.84. The molecule has 70 valence electrons. The molecule has 14 heavy (non-hydrogen) atoms. The molecule has 2 aromatic heterocycles. The Hall–Kier alpha value is -1.84. The van der Waals surface area contributed by atoms with E-state index in [0.717, 1.165) is 17.2 Å². The second-order valence-corrected chi connectivity index (χ2v) is 2.99. The predicted molar refractivity (Wildman–Crippen MR) is 51.6 cm³/mol. The second kappa shape index (κ2) is 3.91. The third-order valence-corrected chi connectivity index (χ3v) is 1.80. The zero-order valence-electron chi connectivity index (χ0n) is 7.88. The lowest BCUT2D eigenvalue weighted by Gasteiger charge is -1.99. The van der Waals surface area contributed by atoms with Gasteiger partial charge >= 0.3 is 0 Å². The van der Waals surface area contributed by atoms with Crippen LogP contribution in [0.25, 0.3) is 0 Å². The minimum Gasteiger partial charge on any atom is -0.261 e. The average Bonchev–Trinajstić information content (AvgIpc) is 2.19. The van der Waals surface area contributed by atoms with Crippen molar-refractivity contribution >= 4 is 0 Å². The fraction of sp³-hybridized carbons (Fsp3) is 0.200. The predicted octanol–water partition coefficient (Wildman–Crippen LogP) is 1.17. The zero-order chi connectivity index (χ0) is 9.80. The summed E-state index contributed by atoms with van der Waals surface area (Å²) in [5.41, 5.74) is 1.86. The Bertz CT molecular complexity index is 413. The van der Waals surface area contributed by atoms with Crippen LogP contribution in [-0.4, -0.2) is 19.9 Å². The standard InChI is InChI=1S/C10H10N4/c1-8-2-3-13-10(14-8)6-9-7-11-4-5-12-9/h2-5,7H,6H2,1H3. The summed E-state index contributed by atoms with van der Waals surface area (Å²) >= 11 is 0. The summed E-state index contributed by atoms with van der Waals surface area (Å²) in [6.45, 7) is 1.95. The molecule has 0 amide bonds. The van der Waals surface area contributed by atoms with Gasteiger partial charge in [-0.2, -0.15) is 0 Å². The fourth-order valence-electron chi connectivity index (χ4n) is 1.17. The van der Waals surface area contributed by atoms with Crippen LogP contribution in [-0.2, 0) is 6.42 Å². The molecule has 0 fully saturated rings. The number of aryl methyl sites for hydroxylation is 1. The van der Waals surface area contributed by atoms with Crippen molar-refractivity contribution in [3.8, 4) is 0 Å². The van der Waals surface area contributed by atoms with Crippen LogP contribution in [0.15, 0.2) is 30.9 Å². The Morgan fingerprint density at radius 1 is 1.14 bits per heavy atom. The van der Waals surface area contributed by atoms with E-state index in [1.165, 1.54) is 0 Å². The summed E-state index contributed by atoms with van der Waals surface area (Å²) in [4.78, 5) is 16.6. The molecule has 0 saturated carbocycles. The molecular formula is C10H10N4. The first-order valence-electron chi connectivity index (χ1n) is 4.38. The lowest BCUT2D eigenvalue weighted by atomic mass is 10.3. The van der Waals surface area contributed by atoms with E-state index >= 15 is 0 Å². The molecule has 4 nitrogen and oxygen atoms in total. The highest BCUT2D eigenvalue weighted by atomic mass is 14.9. The van der Waals surface area contributed by atoms with Crippen LogP contribution in [0, 0.1) is 6.92 Å². The molecule has 0 N–H and O–H groups in total. The van der Waals surface area contributed by atoms with Crippen LogP contribution in [0.1, 0.15) is 17.2 Å². The van der Waals surface area contributed by atoms with Crippen LogP contribution in [0.2, 0.25) is 0 Å². The van der Waals surface area contributed by atoms with Crippen LogP contribution >= 0.6 is 0 Å². The summed E-state index contributed by atoms with van der Waals surface area (Å²) in [5, 5.41) is 0. The van der Waals surface area contributed by atoms with Crippen LogP contribution in [0.3, 0.4) is 0 Å². The normalized spacial score (nSPS) is 10.1. The van der Waals surface area contributed by atoms with E-state index in [1.807, 2.05) is 13.0 Å². The third kappa shape index (κ3) is 2.10. The molecule has 0 atom stereocenters. The lowest BCUT2D eigenvalue weighted by Crippen LogP contribution is -1.99. The maximum Gasteiger partial charge on any atom is 0.134 e. The molecule has 0 aliphatic rings. The summed E-state index contributed by atoms with van der Waals surface area (Å²) in [5.74, 6) is 0.783. The van der Waals surface area contributed by atoms with Gasteiger partial charge in [-0.25, -0.2) is 9.97 Å². The maximum atomic E-state index is 4.29. The quantitative estimate of drug-likeness (QED) is 0.706. The lowest BCUT2D eigenvalue weighted by molar-refractivity contribution is 0.906. The first kappa shape index (κ1) is 8.74. The Balaban J connectivity index is 2.19. The van der Waals surface area contributed by atoms with Crippen molar-refractivity contribution in [3.05, 3.63) is 48.1 Å². The minimum atomic E-state index is 0.634. The van der Waals surface area contributed by atoms with E-state index in [0.29, 0.717) is 6.42 Å². The molecule has 0 aliphatic heterocycles. The Morgan fingerprint density at radius 3 is 2.79 bits per heavy atom. The summed E-state index contributed by atoms with van der Waals surface area (Å²) in [6.07, 6.45) is 7.45. The van der Waals surface area contributed by atoms with Crippen LogP contribution in [0.5, 0.6) is 0 Å². The van der Waals surface area contributed by atoms with Crippen molar-refractivity contribution in [2.45, 2.75) is 13.3 Å². The topological polar surface area (TPSA) is 51.6 Å². The van der Waals surface area contributed by atoms with E-state index in [4.69, 9.17) is 0 Å². The van der Waals surface area contributed by atoms with Gasteiger partial charge in [0.15, 0.2) is 0 Å². The summed E-state index contributed by atoms with van der Waals surface area (Å²) < 4.78 is 0. The van der Waals surface area contributed by atoms with E-state index < -0.39 is 0 Å². The zero-order valence-corrected chi connectivity index (χ0v) is 7.88. The largest absolute Gasteiger partial charge is 0.261 e. The van der Waals surface area contributed by atoms with Crippen molar-refractivity contribution in [1.82, 2.24) is 19.9 Å². The van der Waals surface area contributed by atoms with Gasteiger partial charge in [0.25, 0.3) is 0 Å². The van der Waals surface area contributed by atoms with Gasteiger partial charge in [-0.15, -0.1) is 0 Å². The third-order valence-electron chi connectivity index (χ3n) is 1.80. The van der Waals surface area contributed by atoms with Gasteiger partial charge in [0.05, 0.1) is 12.1 Å². The Morgan fingerprint density at radius 2 is 2.07 bits per heavy atom. The molecule has 0 aliphatic carbocycles. The molecule has 2 rings (SSSR count). The van der Waals surface area contributed by atoms with Crippen molar-refractivity contribution in [2.24, 2.45) is 0 Å². The van der Waals surface area contributed by atoms with Crippen LogP contribution in [0.4, 0.5) is 0 Å². The minimum absolute atomic E-state index is 0.634. The van der Waals surface area contributed by atoms with Crippen LogP contribution < -0.4 is 0 Å². The Kier molecular flexibility index (Phi) is 2.44. The number of nitrogens with zero attached hydrogens (tertiary/aromatic N) is 4. The molecule has 0 bridgehead atoms. The van der Waals surface area contributed by atoms with Crippen molar-refractivity contribution in [1.29, 1.82) is 0 Å². The summed E-state index contributed by atoms with van der Waals surface area (Å²) in [6, 6.07) is 1.88. The average molecular weight is 186 g/mol. The smallest absolute Gasteiger partial charge is 0.134 e. The van der Waals surface area contributed by atoms with Crippen molar-refractivity contribution in [3.63, 3.8) is 0 Å². The van der Waals surface area contributed by atoms with E-state index in [-0.39, 0.29) is 0 Å². The van der Waals surface area contributed by atoms with Gasteiger partial charge in [0.2, 0.25) is 0 Å². The SMILES string of the molecule is Cc1ccnc(Cc2cnccn2)n1. The highest BCUT2D eigenvalue weighted by molar-refractivity contribution is 5.07.